The lowest BCUT2D eigenvalue weighted by Gasteiger charge is -2.15. The normalized spacial score (nSPS) is 22.5. The summed E-state index contributed by atoms with van der Waals surface area (Å²) in [5, 5.41) is 0. The average Bonchev–Trinajstić information content (AvgIpc) is 2.73. The molecule has 0 bridgehead atoms. The Morgan fingerprint density at radius 2 is 1.64 bits per heavy atom. The number of carbonyl (C=O) groups is 3. The maximum atomic E-state index is 11.4. The van der Waals surface area contributed by atoms with Crippen LogP contribution in [0.25, 0.3) is 0 Å². The number of hydrogen-bond acceptors (Lipinski definition) is 4. The van der Waals surface area contributed by atoms with Crippen molar-refractivity contribution in [3.8, 4) is 0 Å². The molecule has 1 saturated carbocycles. The van der Waals surface area contributed by atoms with E-state index in [9.17, 15) is 14.4 Å². The van der Waals surface area contributed by atoms with Gasteiger partial charge in [-0.15, -0.1) is 0 Å². The van der Waals surface area contributed by atoms with E-state index in [1.54, 1.807) is 6.08 Å². The molecule has 0 radical (unpaired) electrons. The van der Waals surface area contributed by atoms with E-state index >= 15 is 0 Å². The van der Waals surface area contributed by atoms with Crippen molar-refractivity contribution in [2.75, 3.05) is 6.61 Å². The third-order valence-electron chi connectivity index (χ3n) is 3.93. The highest BCUT2D eigenvalue weighted by molar-refractivity contribution is 6.08. The van der Waals surface area contributed by atoms with Crippen molar-refractivity contribution < 1.29 is 19.1 Å². The van der Waals surface area contributed by atoms with Gasteiger partial charge in [-0.25, -0.2) is 0 Å². The molecule has 22 heavy (non-hydrogen) atoms. The second-order valence-electron chi connectivity index (χ2n) is 7.94. The lowest BCUT2D eigenvalue weighted by atomic mass is 9.90. The van der Waals surface area contributed by atoms with Gasteiger partial charge in [0.1, 0.15) is 17.3 Å². The maximum Gasteiger partial charge on any atom is 0.165 e. The maximum absolute atomic E-state index is 11.4. The predicted octanol–water partition coefficient (Wildman–Crippen LogP) is 3.49. The zero-order valence-corrected chi connectivity index (χ0v) is 14.6. The largest absolute Gasteiger partial charge is 0.498 e. The van der Waals surface area contributed by atoms with Crippen LogP contribution in [0.4, 0.5) is 0 Å². The van der Waals surface area contributed by atoms with E-state index in [1.807, 2.05) is 27.7 Å². The zero-order valence-electron chi connectivity index (χ0n) is 14.6. The number of allylic oxidation sites excluding steroid dienone is 2. The van der Waals surface area contributed by atoms with Gasteiger partial charge in [0.25, 0.3) is 0 Å². The van der Waals surface area contributed by atoms with Gasteiger partial charge >= 0.3 is 0 Å². The molecule has 0 N–H and O–H groups in total. The molecule has 0 heterocycles. The molecule has 0 unspecified atom stereocenters. The zero-order chi connectivity index (χ0) is 17.1. The third kappa shape index (κ3) is 5.08. The van der Waals surface area contributed by atoms with E-state index < -0.39 is 0 Å². The van der Waals surface area contributed by atoms with E-state index in [1.165, 1.54) is 0 Å². The second-order valence-corrected chi connectivity index (χ2v) is 7.94. The Kier molecular flexibility index (Phi) is 5.71. The van der Waals surface area contributed by atoms with Gasteiger partial charge in [0.15, 0.2) is 5.78 Å². The van der Waals surface area contributed by atoms with Crippen molar-refractivity contribution in [2.24, 2.45) is 16.7 Å². The molecule has 1 fully saturated rings. The Morgan fingerprint density at radius 3 is 1.91 bits per heavy atom. The standard InChI is InChI=1S/C11H18O2.C7H10O2/c1-8(2)7-13-9-5-10(12)11(3,4)6-9;1-7(2)4-5(8)3-6(7)9/h5,8H,6-7H2,1-4H3;3-4H2,1-2H3. The van der Waals surface area contributed by atoms with Crippen LogP contribution in [-0.2, 0) is 19.1 Å². The van der Waals surface area contributed by atoms with Gasteiger partial charge in [0, 0.05) is 29.7 Å². The van der Waals surface area contributed by atoms with Crippen LogP contribution in [0.5, 0.6) is 0 Å². The van der Waals surface area contributed by atoms with E-state index in [4.69, 9.17) is 4.74 Å². The Hall–Kier alpha value is -1.45. The molecule has 2 aliphatic rings. The molecule has 2 aliphatic carbocycles. The summed E-state index contributed by atoms with van der Waals surface area (Å²) in [6.45, 7) is 12.5. The number of hydrogen-bond donors (Lipinski definition) is 0. The lowest BCUT2D eigenvalue weighted by Crippen LogP contribution is -2.17. The summed E-state index contributed by atoms with van der Waals surface area (Å²) in [6, 6.07) is 0. The Balaban J connectivity index is 0.000000235. The van der Waals surface area contributed by atoms with Crippen LogP contribution >= 0.6 is 0 Å². The minimum absolute atomic E-state index is 0.0880. The number of rotatable bonds is 3. The summed E-state index contributed by atoms with van der Waals surface area (Å²) in [7, 11) is 0. The smallest absolute Gasteiger partial charge is 0.165 e. The highest BCUT2D eigenvalue weighted by Crippen LogP contribution is 2.34. The van der Waals surface area contributed by atoms with Crippen LogP contribution < -0.4 is 0 Å². The van der Waals surface area contributed by atoms with Gasteiger partial charge in [-0.05, 0) is 5.92 Å². The number of carbonyl (C=O) groups excluding carboxylic acids is 3. The topological polar surface area (TPSA) is 60.4 Å². The van der Waals surface area contributed by atoms with Crippen LogP contribution in [0.3, 0.4) is 0 Å². The van der Waals surface area contributed by atoms with Crippen molar-refractivity contribution in [1.82, 2.24) is 0 Å². The van der Waals surface area contributed by atoms with Crippen LogP contribution in [0.15, 0.2) is 11.8 Å². The van der Waals surface area contributed by atoms with Crippen molar-refractivity contribution in [2.45, 2.75) is 60.8 Å². The fourth-order valence-corrected chi connectivity index (χ4v) is 2.35. The molecule has 124 valence electrons. The summed E-state index contributed by atoms with van der Waals surface area (Å²) in [4.78, 5) is 32.9. The molecule has 0 atom stereocenters. The van der Waals surface area contributed by atoms with Crippen LogP contribution in [0, 0.1) is 16.7 Å². The van der Waals surface area contributed by atoms with Gasteiger partial charge in [0.05, 0.1) is 13.0 Å². The first-order valence-electron chi connectivity index (χ1n) is 7.87. The SMILES string of the molecule is CC(C)COC1=CC(=O)C(C)(C)C1.CC1(C)CC(=O)CC1=O. The third-order valence-corrected chi connectivity index (χ3v) is 3.93. The van der Waals surface area contributed by atoms with Gasteiger partial charge in [-0.1, -0.05) is 41.5 Å². The van der Waals surface area contributed by atoms with E-state index in [-0.39, 0.29) is 34.6 Å². The molecule has 0 aromatic heterocycles. The van der Waals surface area contributed by atoms with Crippen LogP contribution in [-0.4, -0.2) is 24.0 Å². The van der Waals surface area contributed by atoms with Crippen LogP contribution in [0.2, 0.25) is 0 Å². The monoisotopic (exact) mass is 308 g/mol. The van der Waals surface area contributed by atoms with Crippen molar-refractivity contribution in [3.05, 3.63) is 11.8 Å². The summed E-state index contributed by atoms with van der Waals surface area (Å²) < 4.78 is 5.51. The highest BCUT2D eigenvalue weighted by Gasteiger charge is 2.37. The molecule has 4 heteroatoms. The van der Waals surface area contributed by atoms with Gasteiger partial charge in [0.2, 0.25) is 0 Å². The molecule has 0 aromatic carbocycles. The van der Waals surface area contributed by atoms with Crippen molar-refractivity contribution in [3.63, 3.8) is 0 Å². The Labute approximate surface area is 133 Å². The first kappa shape index (κ1) is 18.6. The number of ketones is 3. The lowest BCUT2D eigenvalue weighted by molar-refractivity contribution is -0.125. The molecule has 0 aliphatic heterocycles. The molecular formula is C18H28O4. The Bertz CT molecular complexity index is 495. The van der Waals surface area contributed by atoms with E-state index in [0.717, 1.165) is 12.2 Å². The second kappa shape index (κ2) is 6.76. The minimum atomic E-state index is -0.364. The number of ether oxygens (including phenoxy) is 1. The minimum Gasteiger partial charge on any atom is -0.498 e. The molecule has 2 rings (SSSR count). The quantitative estimate of drug-likeness (QED) is 0.749. The van der Waals surface area contributed by atoms with Crippen LogP contribution in [0.1, 0.15) is 60.8 Å². The molecule has 0 amide bonds. The molecule has 0 saturated heterocycles. The number of Topliss-reactive ketones (excluding diaryl/α,β-unsaturated/α-hetero) is 2. The predicted molar refractivity (Wildman–Crippen MR) is 85.3 cm³/mol. The summed E-state index contributed by atoms with van der Waals surface area (Å²) in [5.41, 5.74) is -0.608. The molecule has 0 spiro atoms. The summed E-state index contributed by atoms with van der Waals surface area (Å²) >= 11 is 0. The van der Waals surface area contributed by atoms with Gasteiger partial charge in [-0.2, -0.15) is 0 Å². The van der Waals surface area contributed by atoms with Gasteiger partial charge < -0.3 is 4.74 Å². The molecular weight excluding hydrogens is 280 g/mol. The van der Waals surface area contributed by atoms with Crippen molar-refractivity contribution >= 4 is 17.3 Å². The fourth-order valence-electron chi connectivity index (χ4n) is 2.35. The summed E-state index contributed by atoms with van der Waals surface area (Å²) in [6.07, 6.45) is 2.99. The Morgan fingerprint density at radius 1 is 1.05 bits per heavy atom. The average molecular weight is 308 g/mol. The van der Waals surface area contributed by atoms with Crippen molar-refractivity contribution in [1.29, 1.82) is 0 Å². The fraction of sp³-hybridized carbons (Fsp3) is 0.722. The highest BCUT2D eigenvalue weighted by atomic mass is 16.5. The molecule has 0 aromatic rings. The van der Waals surface area contributed by atoms with E-state index in [0.29, 0.717) is 18.9 Å². The molecule has 4 nitrogen and oxygen atoms in total. The first-order valence-corrected chi connectivity index (χ1v) is 7.87. The van der Waals surface area contributed by atoms with E-state index in [2.05, 4.69) is 13.8 Å². The summed E-state index contributed by atoms with van der Waals surface area (Å²) in [5.74, 6) is 1.73. The first-order chi connectivity index (χ1) is 9.94. The van der Waals surface area contributed by atoms with Gasteiger partial charge in [-0.3, -0.25) is 14.4 Å².